The van der Waals surface area contributed by atoms with Gasteiger partial charge in [-0.25, -0.2) is 15.0 Å². The first-order valence-electron chi connectivity index (χ1n) is 13.7. The molecule has 0 amide bonds. The molecule has 3 heterocycles. The lowest BCUT2D eigenvalue weighted by molar-refractivity contribution is 0.0866. The van der Waals surface area contributed by atoms with Crippen LogP contribution in [-0.2, 0) is 21.4 Å². The molecular formula is C32H28N6O6S. The molecule has 3 aromatic heterocycles. The molecule has 0 saturated carbocycles. The standard InChI is InChI=1S/C32H28N6O6S/c1-22-12-13-28(35-20-22)45(39,40)38-31-29(44-27-11-7-6-10-26(27)41-2)32(43-17-16-42-21-23-8-4-3-5-9-23)37-30(36-31)24-14-15-34-25(18-24)19-33/h3-15,18,20H,16-17,21H2,1-2H3,(H,36,37,38). The average Bonchev–Trinajstić information content (AvgIpc) is 3.06. The summed E-state index contributed by atoms with van der Waals surface area (Å²) in [5.74, 6) is 0.238. The Bertz CT molecular complexity index is 1920. The molecule has 2 aromatic carbocycles. The highest BCUT2D eigenvalue weighted by molar-refractivity contribution is 7.92. The van der Waals surface area contributed by atoms with Crippen LogP contribution in [0.15, 0.2) is 96.3 Å². The molecule has 0 unspecified atom stereocenters. The molecule has 0 saturated heterocycles. The summed E-state index contributed by atoms with van der Waals surface area (Å²) in [6, 6.07) is 24.5. The Labute approximate surface area is 260 Å². The molecule has 0 spiro atoms. The Morgan fingerprint density at radius 2 is 1.69 bits per heavy atom. The zero-order chi connectivity index (χ0) is 31.6. The summed E-state index contributed by atoms with van der Waals surface area (Å²) in [4.78, 5) is 17.1. The van der Waals surface area contributed by atoms with Gasteiger partial charge in [-0.05, 0) is 48.4 Å². The minimum absolute atomic E-state index is 0.0388. The first kappa shape index (κ1) is 30.9. The Balaban J connectivity index is 1.56. The van der Waals surface area contributed by atoms with Gasteiger partial charge >= 0.3 is 0 Å². The third kappa shape index (κ3) is 7.88. The summed E-state index contributed by atoms with van der Waals surface area (Å²) in [5, 5.41) is 9.17. The molecule has 45 heavy (non-hydrogen) atoms. The summed E-state index contributed by atoms with van der Waals surface area (Å²) < 4.78 is 52.9. The van der Waals surface area contributed by atoms with Gasteiger partial charge in [0.15, 0.2) is 28.2 Å². The van der Waals surface area contributed by atoms with Crippen molar-refractivity contribution in [3.8, 4) is 40.6 Å². The fourth-order valence-electron chi connectivity index (χ4n) is 4.02. The summed E-state index contributed by atoms with van der Waals surface area (Å²) in [7, 11) is -2.78. The van der Waals surface area contributed by atoms with Crippen molar-refractivity contribution in [3.05, 3.63) is 108 Å². The zero-order valence-corrected chi connectivity index (χ0v) is 25.2. The molecule has 12 nitrogen and oxygen atoms in total. The van der Waals surface area contributed by atoms with E-state index in [1.54, 1.807) is 43.3 Å². The first-order valence-corrected chi connectivity index (χ1v) is 15.1. The lowest BCUT2D eigenvalue weighted by Gasteiger charge is -2.18. The van der Waals surface area contributed by atoms with Crippen molar-refractivity contribution < 1.29 is 27.4 Å². The largest absolute Gasteiger partial charge is 0.493 e. The van der Waals surface area contributed by atoms with Gasteiger partial charge in [-0.3, -0.25) is 4.72 Å². The van der Waals surface area contributed by atoms with Gasteiger partial charge in [0.25, 0.3) is 15.9 Å². The second kappa shape index (κ2) is 14.3. The Kier molecular flexibility index (Phi) is 9.78. The van der Waals surface area contributed by atoms with E-state index >= 15 is 0 Å². The number of hydrogen-bond donors (Lipinski definition) is 1. The van der Waals surface area contributed by atoms with Crippen molar-refractivity contribution >= 4 is 15.8 Å². The summed E-state index contributed by atoms with van der Waals surface area (Å²) in [6.07, 6.45) is 2.87. The lowest BCUT2D eigenvalue weighted by atomic mass is 10.2. The van der Waals surface area contributed by atoms with Crippen molar-refractivity contribution in [2.45, 2.75) is 18.6 Å². The molecule has 1 N–H and O–H groups in total. The van der Waals surface area contributed by atoms with Crippen molar-refractivity contribution in [3.63, 3.8) is 0 Å². The number of para-hydroxylation sites is 2. The Hall–Kier alpha value is -5.58. The number of rotatable bonds is 13. The van der Waals surface area contributed by atoms with Gasteiger partial charge in [-0.15, -0.1) is 0 Å². The number of ether oxygens (including phenoxy) is 4. The number of nitriles is 1. The van der Waals surface area contributed by atoms with Gasteiger partial charge in [-0.1, -0.05) is 48.5 Å². The first-order chi connectivity index (χ1) is 21.9. The van der Waals surface area contributed by atoms with E-state index in [4.69, 9.17) is 18.9 Å². The van der Waals surface area contributed by atoms with E-state index in [2.05, 4.69) is 24.7 Å². The highest BCUT2D eigenvalue weighted by Gasteiger charge is 2.26. The zero-order valence-electron chi connectivity index (χ0n) is 24.4. The number of nitrogens with one attached hydrogen (secondary N) is 1. The third-order valence-corrected chi connectivity index (χ3v) is 7.47. The van der Waals surface area contributed by atoms with Crippen molar-refractivity contribution in [1.82, 2.24) is 19.9 Å². The summed E-state index contributed by atoms with van der Waals surface area (Å²) in [6.45, 7) is 2.39. The van der Waals surface area contributed by atoms with Crippen LogP contribution >= 0.6 is 0 Å². The Morgan fingerprint density at radius 3 is 2.42 bits per heavy atom. The van der Waals surface area contributed by atoms with E-state index in [-0.39, 0.29) is 53.0 Å². The van der Waals surface area contributed by atoms with Crippen LogP contribution in [0.25, 0.3) is 11.4 Å². The molecule has 0 aliphatic heterocycles. The maximum atomic E-state index is 13.5. The van der Waals surface area contributed by atoms with E-state index in [0.717, 1.165) is 11.1 Å². The van der Waals surface area contributed by atoms with Gasteiger partial charge in [0, 0.05) is 18.0 Å². The molecule has 0 aliphatic rings. The molecule has 0 aliphatic carbocycles. The molecule has 0 fully saturated rings. The maximum absolute atomic E-state index is 13.5. The van der Waals surface area contributed by atoms with Crippen LogP contribution in [0.1, 0.15) is 16.8 Å². The van der Waals surface area contributed by atoms with Crippen LogP contribution in [-0.4, -0.2) is 48.7 Å². The molecule has 228 valence electrons. The van der Waals surface area contributed by atoms with Crippen LogP contribution in [0.2, 0.25) is 0 Å². The molecule has 13 heteroatoms. The van der Waals surface area contributed by atoms with Gasteiger partial charge in [0.2, 0.25) is 5.75 Å². The van der Waals surface area contributed by atoms with Crippen molar-refractivity contribution in [2.24, 2.45) is 0 Å². The van der Waals surface area contributed by atoms with Crippen molar-refractivity contribution in [1.29, 1.82) is 5.26 Å². The molecule has 0 bridgehead atoms. The maximum Gasteiger partial charge on any atom is 0.280 e. The minimum atomic E-state index is -4.26. The van der Waals surface area contributed by atoms with Crippen LogP contribution in [0.3, 0.4) is 0 Å². The van der Waals surface area contributed by atoms with Gasteiger partial charge in [0.05, 0.1) is 20.3 Å². The molecular weight excluding hydrogens is 596 g/mol. The van der Waals surface area contributed by atoms with Crippen LogP contribution < -0.4 is 18.9 Å². The lowest BCUT2D eigenvalue weighted by Crippen LogP contribution is -2.17. The fourth-order valence-corrected chi connectivity index (χ4v) is 4.95. The molecule has 0 radical (unpaired) electrons. The number of hydrogen-bond acceptors (Lipinski definition) is 11. The highest BCUT2D eigenvalue weighted by atomic mass is 32.2. The number of sulfonamides is 1. The smallest absolute Gasteiger partial charge is 0.280 e. The van der Waals surface area contributed by atoms with Crippen LogP contribution in [0.4, 0.5) is 5.82 Å². The Morgan fingerprint density at radius 1 is 0.911 bits per heavy atom. The topological polar surface area (TPSA) is 158 Å². The fraction of sp³-hybridized carbons (Fsp3) is 0.156. The molecule has 5 rings (SSSR count). The van der Waals surface area contributed by atoms with Gasteiger partial charge in [0.1, 0.15) is 18.4 Å². The number of nitrogens with zero attached hydrogens (tertiary/aromatic N) is 5. The third-order valence-electron chi connectivity index (χ3n) is 6.22. The van der Waals surface area contributed by atoms with E-state index in [1.165, 1.54) is 31.6 Å². The van der Waals surface area contributed by atoms with Gasteiger partial charge in [-0.2, -0.15) is 18.7 Å². The summed E-state index contributed by atoms with van der Waals surface area (Å²) in [5.41, 5.74) is 2.29. The van der Waals surface area contributed by atoms with Crippen molar-refractivity contribution in [2.75, 3.05) is 25.0 Å². The predicted octanol–water partition coefficient (Wildman–Crippen LogP) is 5.31. The minimum Gasteiger partial charge on any atom is -0.493 e. The van der Waals surface area contributed by atoms with E-state index in [1.807, 2.05) is 36.4 Å². The molecule has 5 aromatic rings. The monoisotopic (exact) mass is 624 g/mol. The number of aryl methyl sites for hydroxylation is 1. The normalized spacial score (nSPS) is 11.0. The number of pyridine rings is 2. The number of benzene rings is 2. The highest BCUT2D eigenvalue weighted by Crippen LogP contribution is 2.41. The molecule has 0 atom stereocenters. The quantitative estimate of drug-likeness (QED) is 0.169. The number of methoxy groups -OCH3 is 1. The van der Waals surface area contributed by atoms with E-state index in [0.29, 0.717) is 17.9 Å². The number of anilines is 1. The SMILES string of the molecule is COc1ccccc1Oc1c(NS(=O)(=O)c2ccc(C)cn2)nc(-c2ccnc(C#N)c2)nc1OCCOCc1ccccc1. The number of aromatic nitrogens is 4. The summed E-state index contributed by atoms with van der Waals surface area (Å²) >= 11 is 0. The van der Waals surface area contributed by atoms with Crippen LogP contribution in [0, 0.1) is 18.3 Å². The average molecular weight is 625 g/mol. The second-order valence-electron chi connectivity index (χ2n) is 9.49. The second-order valence-corrected chi connectivity index (χ2v) is 11.1. The van der Waals surface area contributed by atoms with E-state index < -0.39 is 10.0 Å². The predicted molar refractivity (Wildman–Crippen MR) is 164 cm³/mol. The van der Waals surface area contributed by atoms with E-state index in [9.17, 15) is 13.7 Å². The van der Waals surface area contributed by atoms with Crippen LogP contribution in [0.5, 0.6) is 23.1 Å². The van der Waals surface area contributed by atoms with Gasteiger partial charge < -0.3 is 18.9 Å².